The van der Waals surface area contributed by atoms with E-state index >= 15 is 0 Å². The molecule has 2 saturated heterocycles. The lowest BCUT2D eigenvalue weighted by molar-refractivity contribution is -0.384. The number of benzene rings is 1. The van der Waals surface area contributed by atoms with Crippen LogP contribution in [0.1, 0.15) is 5.56 Å². The molecule has 23 heavy (non-hydrogen) atoms. The van der Waals surface area contributed by atoms with Crippen molar-refractivity contribution in [1.29, 1.82) is 5.26 Å². The molecule has 2 aliphatic rings. The number of hydrogen-bond donors (Lipinski definition) is 0. The fraction of sp³-hybridized carbons (Fsp3) is 0.500. The normalized spacial score (nSPS) is 23.8. The van der Waals surface area contributed by atoms with Crippen LogP contribution in [-0.2, 0) is 9.84 Å². The Morgan fingerprint density at radius 2 is 2.09 bits per heavy atom. The number of sulfone groups is 1. The number of nitriles is 1. The highest BCUT2D eigenvalue weighted by atomic mass is 32.2. The van der Waals surface area contributed by atoms with Crippen molar-refractivity contribution in [2.75, 3.05) is 42.6 Å². The Bertz CT molecular complexity index is 786. The van der Waals surface area contributed by atoms with Crippen LogP contribution in [0.15, 0.2) is 18.2 Å². The minimum Gasteiger partial charge on any atom is -0.368 e. The second-order valence-electron chi connectivity index (χ2n) is 5.82. The van der Waals surface area contributed by atoms with E-state index in [1.807, 2.05) is 11.0 Å². The van der Waals surface area contributed by atoms with Gasteiger partial charge in [0.2, 0.25) is 0 Å². The number of nitrogens with zero attached hydrogens (tertiary/aromatic N) is 4. The summed E-state index contributed by atoms with van der Waals surface area (Å²) in [6, 6.07) is 6.12. The van der Waals surface area contributed by atoms with Crippen molar-refractivity contribution in [1.82, 2.24) is 4.90 Å². The molecular formula is C14H16N4O4S. The lowest BCUT2D eigenvalue weighted by atomic mass is 10.1. The smallest absolute Gasteiger partial charge is 0.270 e. The van der Waals surface area contributed by atoms with Gasteiger partial charge in [-0.05, 0) is 6.07 Å². The largest absolute Gasteiger partial charge is 0.368 e. The summed E-state index contributed by atoms with van der Waals surface area (Å²) in [6.45, 7) is 2.45. The van der Waals surface area contributed by atoms with Crippen LogP contribution in [-0.4, -0.2) is 62.0 Å². The van der Waals surface area contributed by atoms with E-state index in [-0.39, 0.29) is 28.8 Å². The van der Waals surface area contributed by atoms with Crippen molar-refractivity contribution >= 4 is 21.2 Å². The molecule has 0 aliphatic carbocycles. The SMILES string of the molecule is N#Cc1cc([N+](=O)[O-])ccc1N1CCN2CCS(=O)(=O)CC2C1. The number of rotatable bonds is 2. The van der Waals surface area contributed by atoms with Crippen molar-refractivity contribution < 1.29 is 13.3 Å². The number of hydrogen-bond acceptors (Lipinski definition) is 7. The van der Waals surface area contributed by atoms with Crippen LogP contribution in [0.2, 0.25) is 0 Å². The predicted octanol–water partition coefficient (Wildman–Crippen LogP) is 0.385. The summed E-state index contributed by atoms with van der Waals surface area (Å²) in [5, 5.41) is 20.1. The van der Waals surface area contributed by atoms with Crippen LogP contribution >= 0.6 is 0 Å². The van der Waals surface area contributed by atoms with Crippen molar-refractivity contribution in [2.45, 2.75) is 6.04 Å². The molecule has 9 heteroatoms. The van der Waals surface area contributed by atoms with Crippen LogP contribution in [0.4, 0.5) is 11.4 Å². The number of piperazine rings is 1. The maximum absolute atomic E-state index is 11.8. The quantitative estimate of drug-likeness (QED) is 0.567. The second-order valence-corrected chi connectivity index (χ2v) is 8.05. The second kappa shape index (κ2) is 5.79. The summed E-state index contributed by atoms with van der Waals surface area (Å²) in [5.41, 5.74) is 0.746. The van der Waals surface area contributed by atoms with E-state index in [9.17, 15) is 23.8 Å². The number of nitro groups is 1. The first kappa shape index (κ1) is 15.7. The molecule has 0 amide bonds. The van der Waals surface area contributed by atoms with Crippen LogP contribution < -0.4 is 4.90 Å². The molecule has 2 fully saturated rings. The molecule has 122 valence electrons. The van der Waals surface area contributed by atoms with Gasteiger partial charge in [-0.3, -0.25) is 15.0 Å². The number of nitro benzene ring substituents is 1. The molecule has 1 aromatic rings. The molecule has 3 rings (SSSR count). The zero-order valence-corrected chi connectivity index (χ0v) is 13.2. The summed E-state index contributed by atoms with van der Waals surface area (Å²) in [6.07, 6.45) is 0. The van der Waals surface area contributed by atoms with Gasteiger partial charge in [0.05, 0.1) is 27.7 Å². The van der Waals surface area contributed by atoms with Gasteiger partial charge in [0.1, 0.15) is 6.07 Å². The highest BCUT2D eigenvalue weighted by Gasteiger charge is 2.35. The summed E-state index contributed by atoms with van der Waals surface area (Å²) in [5.74, 6) is 0.322. The third-order valence-electron chi connectivity index (χ3n) is 4.39. The van der Waals surface area contributed by atoms with E-state index in [1.54, 1.807) is 6.07 Å². The molecule has 0 N–H and O–H groups in total. The fourth-order valence-corrected chi connectivity index (χ4v) is 4.78. The average Bonchev–Trinajstić information content (AvgIpc) is 2.52. The molecule has 8 nitrogen and oxygen atoms in total. The van der Waals surface area contributed by atoms with Gasteiger partial charge >= 0.3 is 0 Å². The van der Waals surface area contributed by atoms with Crippen molar-refractivity contribution in [3.05, 3.63) is 33.9 Å². The van der Waals surface area contributed by atoms with Gasteiger partial charge in [0.25, 0.3) is 5.69 Å². The van der Waals surface area contributed by atoms with E-state index in [4.69, 9.17) is 0 Å². The van der Waals surface area contributed by atoms with E-state index in [2.05, 4.69) is 4.90 Å². The van der Waals surface area contributed by atoms with Crippen molar-refractivity contribution in [3.8, 4) is 6.07 Å². The zero-order chi connectivity index (χ0) is 16.6. The molecule has 1 aromatic carbocycles. The topological polar surface area (TPSA) is 108 Å². The molecule has 1 unspecified atom stereocenters. The zero-order valence-electron chi connectivity index (χ0n) is 12.4. The molecule has 0 bridgehead atoms. The molecule has 2 heterocycles. The van der Waals surface area contributed by atoms with Crippen LogP contribution in [0.5, 0.6) is 0 Å². The Morgan fingerprint density at radius 1 is 1.30 bits per heavy atom. The Hall–Kier alpha value is -2.18. The summed E-state index contributed by atoms with van der Waals surface area (Å²) < 4.78 is 23.6. The molecule has 0 spiro atoms. The first-order valence-electron chi connectivity index (χ1n) is 7.27. The lowest BCUT2D eigenvalue weighted by Gasteiger charge is -2.44. The van der Waals surface area contributed by atoms with Gasteiger partial charge in [-0.1, -0.05) is 0 Å². The van der Waals surface area contributed by atoms with E-state index in [1.165, 1.54) is 12.1 Å². The van der Waals surface area contributed by atoms with Gasteiger partial charge in [-0.2, -0.15) is 5.26 Å². The number of anilines is 1. The first-order chi connectivity index (χ1) is 10.9. The Kier molecular flexibility index (Phi) is 3.95. The molecule has 0 aromatic heterocycles. The molecular weight excluding hydrogens is 320 g/mol. The Balaban J connectivity index is 1.85. The van der Waals surface area contributed by atoms with Gasteiger partial charge in [-0.15, -0.1) is 0 Å². The summed E-state index contributed by atoms with van der Waals surface area (Å²) in [4.78, 5) is 14.4. The number of fused-ring (bicyclic) bond motifs is 1. The maximum Gasteiger partial charge on any atom is 0.270 e. The summed E-state index contributed by atoms with van der Waals surface area (Å²) >= 11 is 0. The van der Waals surface area contributed by atoms with Gasteiger partial charge < -0.3 is 4.90 Å². The first-order valence-corrected chi connectivity index (χ1v) is 9.10. The Morgan fingerprint density at radius 3 is 2.78 bits per heavy atom. The van der Waals surface area contributed by atoms with Gasteiger partial charge in [0, 0.05) is 44.4 Å². The maximum atomic E-state index is 11.8. The standard InChI is InChI=1S/C14H16N4O4S/c15-8-11-7-12(18(19)20)1-2-14(11)17-4-3-16-5-6-23(21,22)10-13(16)9-17/h1-2,7,13H,3-6,9-10H2. The fourth-order valence-electron chi connectivity index (χ4n) is 3.20. The van der Waals surface area contributed by atoms with E-state index in [0.717, 1.165) is 6.54 Å². The summed E-state index contributed by atoms with van der Waals surface area (Å²) in [7, 11) is -3.02. The number of non-ortho nitro benzene ring substituents is 1. The highest BCUT2D eigenvalue weighted by molar-refractivity contribution is 7.91. The third-order valence-corrected chi connectivity index (χ3v) is 6.09. The van der Waals surface area contributed by atoms with Crippen LogP contribution in [0, 0.1) is 21.4 Å². The minimum absolute atomic E-state index is 0.0933. The molecule has 1 atom stereocenters. The third kappa shape index (κ3) is 3.13. The Labute approximate surface area is 134 Å². The van der Waals surface area contributed by atoms with Gasteiger partial charge in [-0.25, -0.2) is 8.42 Å². The van der Waals surface area contributed by atoms with E-state index in [0.29, 0.717) is 25.3 Å². The molecule has 2 aliphatic heterocycles. The van der Waals surface area contributed by atoms with Gasteiger partial charge in [0.15, 0.2) is 9.84 Å². The van der Waals surface area contributed by atoms with E-state index < -0.39 is 14.8 Å². The van der Waals surface area contributed by atoms with Crippen LogP contribution in [0.25, 0.3) is 0 Å². The molecule has 0 saturated carbocycles. The van der Waals surface area contributed by atoms with Crippen molar-refractivity contribution in [2.24, 2.45) is 0 Å². The lowest BCUT2D eigenvalue weighted by Crippen LogP contribution is -2.59. The van der Waals surface area contributed by atoms with Crippen LogP contribution in [0.3, 0.4) is 0 Å². The predicted molar refractivity (Wildman–Crippen MR) is 84.0 cm³/mol. The highest BCUT2D eigenvalue weighted by Crippen LogP contribution is 2.28. The monoisotopic (exact) mass is 336 g/mol. The average molecular weight is 336 g/mol. The van der Waals surface area contributed by atoms with Crippen molar-refractivity contribution in [3.63, 3.8) is 0 Å². The molecule has 0 radical (unpaired) electrons. The minimum atomic E-state index is -3.02.